The number of carbonyl (C=O) groups is 1. The van der Waals surface area contributed by atoms with Crippen LogP contribution in [-0.2, 0) is 0 Å². The molecule has 1 aromatic heterocycles. The summed E-state index contributed by atoms with van der Waals surface area (Å²) >= 11 is 0. The van der Waals surface area contributed by atoms with Gasteiger partial charge in [-0.1, -0.05) is 12.1 Å². The fourth-order valence-corrected chi connectivity index (χ4v) is 1.96. The molecule has 0 aliphatic carbocycles. The molecule has 3 aromatic rings. The van der Waals surface area contributed by atoms with Crippen molar-refractivity contribution in [1.82, 2.24) is 9.97 Å². The molecule has 0 aliphatic rings. The molecule has 24 heavy (non-hydrogen) atoms. The van der Waals surface area contributed by atoms with Crippen molar-refractivity contribution in [2.75, 3.05) is 10.6 Å². The zero-order chi connectivity index (χ0) is 16.9. The van der Waals surface area contributed by atoms with Gasteiger partial charge in [-0.2, -0.15) is 0 Å². The third kappa shape index (κ3) is 3.70. The third-order valence-electron chi connectivity index (χ3n) is 3.11. The number of amides is 1. The fourth-order valence-electron chi connectivity index (χ4n) is 1.96. The lowest BCUT2D eigenvalue weighted by Crippen LogP contribution is -2.15. The highest BCUT2D eigenvalue weighted by molar-refractivity contribution is 6.03. The Labute approximate surface area is 136 Å². The van der Waals surface area contributed by atoms with Crippen LogP contribution in [0.2, 0.25) is 0 Å². The van der Waals surface area contributed by atoms with Crippen molar-refractivity contribution >= 4 is 23.2 Å². The Morgan fingerprint density at radius 2 is 1.71 bits per heavy atom. The van der Waals surface area contributed by atoms with Crippen LogP contribution in [-0.4, -0.2) is 15.9 Å². The molecule has 0 saturated heterocycles. The van der Waals surface area contributed by atoms with Crippen molar-refractivity contribution in [2.24, 2.45) is 0 Å². The third-order valence-corrected chi connectivity index (χ3v) is 3.11. The number of hydrogen-bond acceptors (Lipinski definition) is 4. The normalized spacial score (nSPS) is 10.2. The summed E-state index contributed by atoms with van der Waals surface area (Å²) in [7, 11) is 0. The Kier molecular flexibility index (Phi) is 4.42. The molecular formula is C17H12F2N4O. The van der Waals surface area contributed by atoms with Crippen LogP contribution < -0.4 is 10.6 Å². The lowest BCUT2D eigenvalue weighted by atomic mass is 10.3. The van der Waals surface area contributed by atoms with Crippen molar-refractivity contribution in [3.8, 4) is 0 Å². The first kappa shape index (κ1) is 15.5. The molecule has 1 amide bonds. The zero-order valence-electron chi connectivity index (χ0n) is 12.3. The molecular weight excluding hydrogens is 314 g/mol. The van der Waals surface area contributed by atoms with Crippen LogP contribution in [0.1, 0.15) is 10.5 Å². The molecule has 5 nitrogen and oxygen atoms in total. The number of benzene rings is 2. The van der Waals surface area contributed by atoms with Crippen molar-refractivity contribution in [1.29, 1.82) is 0 Å². The maximum Gasteiger partial charge on any atom is 0.274 e. The molecule has 7 heteroatoms. The number of carbonyl (C=O) groups excluding carboxylic acids is 1. The van der Waals surface area contributed by atoms with Crippen molar-refractivity contribution in [3.05, 3.63) is 78.1 Å². The lowest BCUT2D eigenvalue weighted by Gasteiger charge is -2.08. The minimum absolute atomic E-state index is 0.0640. The smallest absolute Gasteiger partial charge is 0.274 e. The van der Waals surface area contributed by atoms with Crippen LogP contribution in [0.5, 0.6) is 0 Å². The van der Waals surface area contributed by atoms with Gasteiger partial charge in [0, 0.05) is 11.9 Å². The summed E-state index contributed by atoms with van der Waals surface area (Å²) in [6.45, 7) is 0. The van der Waals surface area contributed by atoms with Gasteiger partial charge in [-0.3, -0.25) is 4.79 Å². The van der Waals surface area contributed by atoms with E-state index in [1.165, 1.54) is 54.7 Å². The van der Waals surface area contributed by atoms with E-state index in [1.807, 2.05) is 0 Å². The van der Waals surface area contributed by atoms with Gasteiger partial charge in [-0.15, -0.1) is 0 Å². The van der Waals surface area contributed by atoms with E-state index in [0.29, 0.717) is 5.69 Å². The quantitative estimate of drug-likeness (QED) is 0.766. The maximum atomic E-state index is 13.6. The molecule has 0 aliphatic heterocycles. The second-order valence-corrected chi connectivity index (χ2v) is 4.83. The highest BCUT2D eigenvalue weighted by Gasteiger charge is 2.11. The van der Waals surface area contributed by atoms with E-state index in [2.05, 4.69) is 20.6 Å². The van der Waals surface area contributed by atoms with Crippen LogP contribution in [0.3, 0.4) is 0 Å². The molecule has 1 heterocycles. The Balaban J connectivity index is 1.76. The zero-order valence-corrected chi connectivity index (χ0v) is 12.3. The molecule has 0 fully saturated rings. The second-order valence-electron chi connectivity index (χ2n) is 4.83. The molecule has 0 atom stereocenters. The minimum Gasteiger partial charge on any atom is -0.324 e. The molecule has 0 unspecified atom stereocenters. The Morgan fingerprint density at radius 3 is 2.46 bits per heavy atom. The van der Waals surface area contributed by atoms with E-state index < -0.39 is 11.7 Å². The van der Waals surface area contributed by atoms with E-state index >= 15 is 0 Å². The van der Waals surface area contributed by atoms with Gasteiger partial charge in [0.05, 0.1) is 5.69 Å². The molecule has 0 radical (unpaired) electrons. The molecule has 2 N–H and O–H groups in total. The number of hydrogen-bond donors (Lipinski definition) is 2. The molecule has 0 spiro atoms. The van der Waals surface area contributed by atoms with Gasteiger partial charge in [0.1, 0.15) is 17.3 Å². The number of anilines is 3. The summed E-state index contributed by atoms with van der Waals surface area (Å²) in [6, 6.07) is 12.9. The van der Waals surface area contributed by atoms with Gasteiger partial charge in [-0.05, 0) is 42.5 Å². The van der Waals surface area contributed by atoms with Crippen molar-refractivity contribution < 1.29 is 13.6 Å². The second kappa shape index (κ2) is 6.82. The molecule has 2 aromatic carbocycles. The highest BCUT2D eigenvalue weighted by Crippen LogP contribution is 2.15. The summed E-state index contributed by atoms with van der Waals surface area (Å²) in [5.41, 5.74) is 0.704. The average molecular weight is 326 g/mol. The first-order valence-electron chi connectivity index (χ1n) is 7.03. The van der Waals surface area contributed by atoms with E-state index in [0.717, 1.165) is 0 Å². The Hall–Kier alpha value is -3.35. The van der Waals surface area contributed by atoms with Gasteiger partial charge in [0.15, 0.2) is 0 Å². The van der Waals surface area contributed by atoms with Crippen LogP contribution in [0.25, 0.3) is 0 Å². The van der Waals surface area contributed by atoms with Gasteiger partial charge in [-0.25, -0.2) is 18.7 Å². The van der Waals surface area contributed by atoms with E-state index in [4.69, 9.17) is 0 Å². The predicted molar refractivity (Wildman–Crippen MR) is 86.1 cm³/mol. The minimum atomic E-state index is -0.565. The summed E-state index contributed by atoms with van der Waals surface area (Å²) < 4.78 is 26.5. The molecule has 0 saturated carbocycles. The van der Waals surface area contributed by atoms with Gasteiger partial charge in [0.2, 0.25) is 5.95 Å². The van der Waals surface area contributed by atoms with Crippen molar-refractivity contribution in [2.45, 2.75) is 0 Å². The van der Waals surface area contributed by atoms with E-state index in [9.17, 15) is 13.6 Å². The number of nitrogens with one attached hydrogen (secondary N) is 2. The van der Waals surface area contributed by atoms with Gasteiger partial charge >= 0.3 is 0 Å². The van der Waals surface area contributed by atoms with Crippen molar-refractivity contribution in [3.63, 3.8) is 0 Å². The summed E-state index contributed by atoms with van der Waals surface area (Å²) in [5.74, 6) is -1.29. The topological polar surface area (TPSA) is 66.9 Å². The molecule has 3 rings (SSSR count). The van der Waals surface area contributed by atoms with Crippen LogP contribution >= 0.6 is 0 Å². The number of nitrogens with zero attached hydrogens (tertiary/aromatic N) is 2. The standard InChI is InChI=1S/C17H12F2N4O/c18-11-5-7-12(8-6-11)21-17-20-10-9-15(23-17)16(24)22-14-4-2-1-3-13(14)19/h1-10H,(H,22,24)(H,20,21,23). The first-order valence-corrected chi connectivity index (χ1v) is 7.03. The number of aromatic nitrogens is 2. The SMILES string of the molecule is O=C(Nc1ccccc1F)c1ccnc(Nc2ccc(F)cc2)n1. The van der Waals surface area contributed by atoms with Crippen LogP contribution in [0.15, 0.2) is 60.8 Å². The Bertz CT molecular complexity index is 868. The maximum absolute atomic E-state index is 13.6. The predicted octanol–water partition coefficient (Wildman–Crippen LogP) is 3.75. The van der Waals surface area contributed by atoms with Crippen LogP contribution in [0, 0.1) is 11.6 Å². The molecule has 120 valence electrons. The lowest BCUT2D eigenvalue weighted by molar-refractivity contribution is 0.102. The van der Waals surface area contributed by atoms with E-state index in [1.54, 1.807) is 6.07 Å². The van der Waals surface area contributed by atoms with Gasteiger partial charge < -0.3 is 10.6 Å². The molecule has 0 bridgehead atoms. The van der Waals surface area contributed by atoms with Crippen LogP contribution in [0.4, 0.5) is 26.1 Å². The van der Waals surface area contributed by atoms with E-state index in [-0.39, 0.29) is 23.1 Å². The highest BCUT2D eigenvalue weighted by atomic mass is 19.1. The number of para-hydroxylation sites is 1. The number of halogens is 2. The monoisotopic (exact) mass is 326 g/mol. The Morgan fingerprint density at radius 1 is 0.958 bits per heavy atom. The number of rotatable bonds is 4. The summed E-state index contributed by atoms with van der Waals surface area (Å²) in [5, 5.41) is 5.30. The fraction of sp³-hybridized carbons (Fsp3) is 0. The average Bonchev–Trinajstić information content (AvgIpc) is 2.59. The van der Waals surface area contributed by atoms with Gasteiger partial charge in [0.25, 0.3) is 5.91 Å². The first-order chi connectivity index (χ1) is 11.6. The largest absolute Gasteiger partial charge is 0.324 e. The summed E-state index contributed by atoms with van der Waals surface area (Å²) in [4.78, 5) is 20.2. The summed E-state index contributed by atoms with van der Waals surface area (Å²) in [6.07, 6.45) is 1.40.